The predicted octanol–water partition coefficient (Wildman–Crippen LogP) is 4.12. The lowest BCUT2D eigenvalue weighted by molar-refractivity contribution is -0.116. The monoisotopic (exact) mass is 379 g/mol. The van der Waals surface area contributed by atoms with Gasteiger partial charge in [0, 0.05) is 11.1 Å². The Kier molecular flexibility index (Phi) is 5.98. The maximum atomic E-state index is 12.3. The van der Waals surface area contributed by atoms with E-state index >= 15 is 0 Å². The van der Waals surface area contributed by atoms with E-state index in [9.17, 15) is 9.59 Å². The summed E-state index contributed by atoms with van der Waals surface area (Å²) in [6.45, 7) is 3.99. The first-order chi connectivity index (χ1) is 13.0. The Balaban J connectivity index is 1.55. The minimum absolute atomic E-state index is 0.123. The van der Waals surface area contributed by atoms with Crippen molar-refractivity contribution in [1.29, 1.82) is 0 Å². The second-order valence-corrected chi connectivity index (χ2v) is 7.19. The van der Waals surface area contributed by atoms with Gasteiger partial charge in [0.1, 0.15) is 0 Å². The zero-order valence-electron chi connectivity index (χ0n) is 15.3. The summed E-state index contributed by atoms with van der Waals surface area (Å²) in [5.74, 6) is -0.252. The quantitative estimate of drug-likeness (QED) is 0.677. The molecular weight excluding hydrogens is 358 g/mol. The third-order valence-electron chi connectivity index (χ3n) is 4.23. The SMILES string of the molecule is Cc1cccc(NC(=O)Cc2csc(NC(=O)Cc3ccccc3)n2)c1C. The zero-order chi connectivity index (χ0) is 19.2. The van der Waals surface area contributed by atoms with E-state index in [2.05, 4.69) is 15.6 Å². The summed E-state index contributed by atoms with van der Waals surface area (Å²) in [7, 11) is 0. The van der Waals surface area contributed by atoms with Crippen LogP contribution < -0.4 is 10.6 Å². The third-order valence-corrected chi connectivity index (χ3v) is 5.03. The van der Waals surface area contributed by atoms with Crippen LogP contribution in [0.5, 0.6) is 0 Å². The maximum Gasteiger partial charge on any atom is 0.230 e. The van der Waals surface area contributed by atoms with Crippen molar-refractivity contribution in [3.8, 4) is 0 Å². The standard InChI is InChI=1S/C21H21N3O2S/c1-14-7-6-10-18(15(14)2)23-20(26)12-17-13-27-21(22-17)24-19(25)11-16-8-4-3-5-9-16/h3-10,13H,11-12H2,1-2H3,(H,23,26)(H,22,24,25). The smallest absolute Gasteiger partial charge is 0.230 e. The maximum absolute atomic E-state index is 12.3. The molecule has 2 amide bonds. The van der Waals surface area contributed by atoms with Gasteiger partial charge in [-0.3, -0.25) is 9.59 Å². The Morgan fingerprint density at radius 2 is 1.67 bits per heavy atom. The molecule has 2 N–H and O–H groups in total. The Morgan fingerprint density at radius 3 is 2.44 bits per heavy atom. The molecule has 0 saturated heterocycles. The molecule has 0 radical (unpaired) electrons. The van der Waals surface area contributed by atoms with Gasteiger partial charge in [0.15, 0.2) is 5.13 Å². The highest BCUT2D eigenvalue weighted by molar-refractivity contribution is 7.13. The van der Waals surface area contributed by atoms with Crippen LogP contribution in [0.1, 0.15) is 22.4 Å². The molecule has 1 aromatic heterocycles. The van der Waals surface area contributed by atoms with E-state index in [1.54, 1.807) is 5.38 Å². The summed E-state index contributed by atoms with van der Waals surface area (Å²) in [5.41, 5.74) is 4.58. The molecule has 0 aliphatic rings. The van der Waals surface area contributed by atoms with Crippen LogP contribution in [-0.4, -0.2) is 16.8 Å². The molecule has 0 fully saturated rings. The summed E-state index contributed by atoms with van der Waals surface area (Å²) in [5, 5.41) is 8.01. The van der Waals surface area contributed by atoms with Crippen LogP contribution in [0.2, 0.25) is 0 Å². The average molecular weight is 379 g/mol. The van der Waals surface area contributed by atoms with Gasteiger partial charge in [-0.25, -0.2) is 4.98 Å². The van der Waals surface area contributed by atoms with Crippen LogP contribution in [0.25, 0.3) is 0 Å². The van der Waals surface area contributed by atoms with E-state index in [1.165, 1.54) is 11.3 Å². The summed E-state index contributed by atoms with van der Waals surface area (Å²) in [6, 6.07) is 15.3. The van der Waals surface area contributed by atoms with Crippen LogP contribution in [0, 0.1) is 13.8 Å². The Bertz CT molecular complexity index is 951. The van der Waals surface area contributed by atoms with Crippen LogP contribution in [0.4, 0.5) is 10.8 Å². The molecule has 3 rings (SSSR count). The normalized spacial score (nSPS) is 10.4. The number of carbonyl (C=O) groups excluding carboxylic acids is 2. The van der Waals surface area contributed by atoms with Gasteiger partial charge in [0.05, 0.1) is 18.5 Å². The number of aromatic nitrogens is 1. The lowest BCUT2D eigenvalue weighted by Crippen LogP contribution is -2.16. The first kappa shape index (κ1) is 18.8. The summed E-state index contributed by atoms with van der Waals surface area (Å²) < 4.78 is 0. The van der Waals surface area contributed by atoms with E-state index in [0.717, 1.165) is 22.4 Å². The fourth-order valence-electron chi connectivity index (χ4n) is 2.64. The lowest BCUT2D eigenvalue weighted by atomic mass is 10.1. The van der Waals surface area contributed by atoms with E-state index < -0.39 is 0 Å². The van der Waals surface area contributed by atoms with Crippen molar-refractivity contribution in [3.05, 3.63) is 76.3 Å². The largest absolute Gasteiger partial charge is 0.325 e. The van der Waals surface area contributed by atoms with Gasteiger partial charge >= 0.3 is 0 Å². The fraction of sp³-hybridized carbons (Fsp3) is 0.190. The van der Waals surface area contributed by atoms with Gasteiger partial charge in [-0.15, -0.1) is 11.3 Å². The van der Waals surface area contributed by atoms with Gasteiger partial charge < -0.3 is 10.6 Å². The number of nitrogens with one attached hydrogen (secondary N) is 2. The molecule has 2 aromatic carbocycles. The number of thiazole rings is 1. The molecule has 27 heavy (non-hydrogen) atoms. The molecule has 0 spiro atoms. The topological polar surface area (TPSA) is 71.1 Å². The predicted molar refractivity (Wildman–Crippen MR) is 109 cm³/mol. The van der Waals surface area contributed by atoms with Gasteiger partial charge in [-0.05, 0) is 36.6 Å². The highest BCUT2D eigenvalue weighted by Crippen LogP contribution is 2.20. The van der Waals surface area contributed by atoms with Crippen molar-refractivity contribution in [2.75, 3.05) is 10.6 Å². The van der Waals surface area contributed by atoms with Crippen molar-refractivity contribution in [2.24, 2.45) is 0 Å². The van der Waals surface area contributed by atoms with Gasteiger partial charge in [0.25, 0.3) is 0 Å². The molecule has 0 aliphatic heterocycles. The molecule has 0 unspecified atom stereocenters. The number of rotatable bonds is 6. The van der Waals surface area contributed by atoms with Crippen molar-refractivity contribution in [1.82, 2.24) is 4.98 Å². The number of carbonyl (C=O) groups is 2. The van der Waals surface area contributed by atoms with Crippen LogP contribution >= 0.6 is 11.3 Å². The first-order valence-electron chi connectivity index (χ1n) is 8.65. The highest BCUT2D eigenvalue weighted by atomic mass is 32.1. The molecule has 0 bridgehead atoms. The van der Waals surface area contributed by atoms with Crippen LogP contribution in [-0.2, 0) is 22.4 Å². The molecule has 138 valence electrons. The number of hydrogen-bond donors (Lipinski definition) is 2. The number of anilines is 2. The molecule has 0 atom stereocenters. The minimum Gasteiger partial charge on any atom is -0.325 e. The molecular formula is C21H21N3O2S. The molecule has 0 saturated carbocycles. The molecule has 1 heterocycles. The van der Waals surface area contributed by atoms with Crippen LogP contribution in [0.15, 0.2) is 53.9 Å². The second-order valence-electron chi connectivity index (χ2n) is 6.33. The van der Waals surface area contributed by atoms with Crippen molar-refractivity contribution >= 4 is 34.0 Å². The number of benzene rings is 2. The number of hydrogen-bond acceptors (Lipinski definition) is 4. The molecule has 6 heteroatoms. The molecule has 5 nitrogen and oxygen atoms in total. The van der Waals surface area contributed by atoms with E-state index in [0.29, 0.717) is 17.2 Å². The van der Waals surface area contributed by atoms with Gasteiger partial charge in [-0.2, -0.15) is 0 Å². The van der Waals surface area contributed by atoms with E-state index in [4.69, 9.17) is 0 Å². The summed E-state index contributed by atoms with van der Waals surface area (Å²) in [6.07, 6.45) is 0.460. The Hall–Kier alpha value is -2.99. The summed E-state index contributed by atoms with van der Waals surface area (Å²) >= 11 is 1.32. The number of aryl methyl sites for hydroxylation is 1. The fourth-order valence-corrected chi connectivity index (χ4v) is 3.36. The number of amides is 2. The second kappa shape index (κ2) is 8.60. The third kappa shape index (κ3) is 5.24. The van der Waals surface area contributed by atoms with Gasteiger partial charge in [-0.1, -0.05) is 42.5 Å². The van der Waals surface area contributed by atoms with Crippen molar-refractivity contribution < 1.29 is 9.59 Å². The molecule has 3 aromatic rings. The van der Waals surface area contributed by atoms with Crippen molar-refractivity contribution in [2.45, 2.75) is 26.7 Å². The lowest BCUT2D eigenvalue weighted by Gasteiger charge is -2.09. The van der Waals surface area contributed by atoms with Crippen LogP contribution in [0.3, 0.4) is 0 Å². The number of nitrogens with zero attached hydrogens (tertiary/aromatic N) is 1. The minimum atomic E-state index is -0.129. The summed E-state index contributed by atoms with van der Waals surface area (Å²) in [4.78, 5) is 28.7. The first-order valence-corrected chi connectivity index (χ1v) is 9.53. The average Bonchev–Trinajstić information content (AvgIpc) is 3.06. The zero-order valence-corrected chi connectivity index (χ0v) is 16.1. The van der Waals surface area contributed by atoms with Crippen molar-refractivity contribution in [3.63, 3.8) is 0 Å². The van der Waals surface area contributed by atoms with E-state index in [-0.39, 0.29) is 18.2 Å². The Morgan fingerprint density at radius 1 is 0.926 bits per heavy atom. The highest BCUT2D eigenvalue weighted by Gasteiger charge is 2.11. The van der Waals surface area contributed by atoms with Gasteiger partial charge in [0.2, 0.25) is 11.8 Å². The Labute approximate surface area is 162 Å². The molecule has 0 aliphatic carbocycles. The van der Waals surface area contributed by atoms with E-state index in [1.807, 2.05) is 62.4 Å².